The second-order valence-electron chi connectivity index (χ2n) is 6.25. The third-order valence-electron chi connectivity index (χ3n) is 3.30. The lowest BCUT2D eigenvalue weighted by molar-refractivity contribution is 0.0240. The minimum absolute atomic E-state index is 0.274. The molecule has 1 aromatic heterocycles. The van der Waals surface area contributed by atoms with Crippen molar-refractivity contribution in [3.05, 3.63) is 12.3 Å². The lowest BCUT2D eigenvalue weighted by Gasteiger charge is -2.36. The Hall–Kier alpha value is -2.18. The molecule has 2 heterocycles. The summed E-state index contributed by atoms with van der Waals surface area (Å²) >= 11 is 0. The topological polar surface area (TPSA) is 80.9 Å². The Kier molecular flexibility index (Phi) is 4.63. The summed E-state index contributed by atoms with van der Waals surface area (Å²) in [6.07, 6.45) is 1.34. The van der Waals surface area contributed by atoms with E-state index in [1.54, 1.807) is 24.3 Å². The Labute approximate surface area is 131 Å². The van der Waals surface area contributed by atoms with Gasteiger partial charge in [0.1, 0.15) is 5.60 Å². The lowest BCUT2D eigenvalue weighted by atomic mass is 10.2. The number of nitrogens with zero attached hydrogens (tertiary/aromatic N) is 3. The Balaban J connectivity index is 1.99. The van der Waals surface area contributed by atoms with Gasteiger partial charge in [-0.2, -0.15) is 0 Å². The molecule has 1 aromatic rings. The number of hydrogen-bond acceptors (Lipinski definition) is 6. The zero-order valence-electron chi connectivity index (χ0n) is 13.6. The zero-order valence-corrected chi connectivity index (χ0v) is 13.6. The molecule has 1 aliphatic heterocycles. The predicted molar refractivity (Wildman–Crippen MR) is 85.2 cm³/mol. The van der Waals surface area contributed by atoms with Gasteiger partial charge >= 0.3 is 6.09 Å². The molecule has 7 heteroatoms. The van der Waals surface area contributed by atoms with Crippen LogP contribution < -0.4 is 15.4 Å². The number of rotatable bonds is 2. The SMILES string of the molecule is COc1cc(N)cnc1N1CCN(C(=O)OC(C)(C)C)CC1. The van der Waals surface area contributed by atoms with E-state index in [0.717, 1.165) is 5.82 Å². The summed E-state index contributed by atoms with van der Waals surface area (Å²) in [7, 11) is 1.59. The van der Waals surface area contributed by atoms with Crippen LogP contribution in [0, 0.1) is 0 Å². The molecule has 122 valence electrons. The molecule has 7 nitrogen and oxygen atoms in total. The van der Waals surface area contributed by atoms with Gasteiger partial charge in [-0.15, -0.1) is 0 Å². The van der Waals surface area contributed by atoms with Crippen molar-refractivity contribution in [2.45, 2.75) is 26.4 Å². The standard InChI is InChI=1S/C15H24N4O3/c1-15(2,3)22-14(20)19-7-5-18(6-8-19)13-12(21-4)9-11(16)10-17-13/h9-10H,5-8,16H2,1-4H3. The summed E-state index contributed by atoms with van der Waals surface area (Å²) in [6, 6.07) is 1.75. The number of ether oxygens (including phenoxy) is 2. The average Bonchev–Trinajstić information content (AvgIpc) is 2.45. The number of methoxy groups -OCH3 is 1. The fraction of sp³-hybridized carbons (Fsp3) is 0.600. The van der Waals surface area contributed by atoms with Crippen LogP contribution in [0.5, 0.6) is 5.75 Å². The molecule has 0 aromatic carbocycles. The molecular weight excluding hydrogens is 284 g/mol. The van der Waals surface area contributed by atoms with Crippen LogP contribution in [0.15, 0.2) is 12.3 Å². The number of pyridine rings is 1. The fourth-order valence-electron chi connectivity index (χ4n) is 2.27. The molecule has 0 saturated carbocycles. The van der Waals surface area contributed by atoms with Gasteiger partial charge in [0.2, 0.25) is 0 Å². The van der Waals surface area contributed by atoms with E-state index in [9.17, 15) is 4.79 Å². The molecule has 22 heavy (non-hydrogen) atoms. The maximum absolute atomic E-state index is 12.1. The van der Waals surface area contributed by atoms with Crippen LogP contribution in [-0.2, 0) is 4.74 Å². The van der Waals surface area contributed by atoms with Gasteiger partial charge in [-0.1, -0.05) is 0 Å². The maximum atomic E-state index is 12.1. The highest BCUT2D eigenvalue weighted by atomic mass is 16.6. The molecule has 0 radical (unpaired) electrons. The van der Waals surface area contributed by atoms with Gasteiger partial charge in [0.15, 0.2) is 11.6 Å². The lowest BCUT2D eigenvalue weighted by Crippen LogP contribution is -2.50. The van der Waals surface area contributed by atoms with Crippen molar-refractivity contribution < 1.29 is 14.3 Å². The van der Waals surface area contributed by atoms with Crippen LogP contribution in [-0.4, -0.2) is 54.9 Å². The van der Waals surface area contributed by atoms with Crippen LogP contribution in [0.3, 0.4) is 0 Å². The van der Waals surface area contributed by atoms with Gasteiger partial charge in [-0.05, 0) is 20.8 Å². The molecule has 1 fully saturated rings. The van der Waals surface area contributed by atoms with E-state index < -0.39 is 5.60 Å². The number of anilines is 2. The zero-order chi connectivity index (χ0) is 16.3. The molecule has 0 spiro atoms. The first-order valence-corrected chi connectivity index (χ1v) is 7.32. The Morgan fingerprint density at radius 3 is 2.45 bits per heavy atom. The van der Waals surface area contributed by atoms with Gasteiger partial charge in [-0.3, -0.25) is 0 Å². The van der Waals surface area contributed by atoms with Gasteiger partial charge in [0.25, 0.3) is 0 Å². The number of hydrogen-bond donors (Lipinski definition) is 1. The average molecular weight is 308 g/mol. The van der Waals surface area contributed by atoms with Gasteiger partial charge < -0.3 is 25.0 Å². The Morgan fingerprint density at radius 2 is 1.91 bits per heavy atom. The largest absolute Gasteiger partial charge is 0.493 e. The summed E-state index contributed by atoms with van der Waals surface area (Å²) in [5, 5.41) is 0. The number of carbonyl (C=O) groups is 1. The number of nitrogens with two attached hydrogens (primary N) is 1. The molecule has 2 rings (SSSR count). The van der Waals surface area contributed by atoms with Crippen LogP contribution in [0.2, 0.25) is 0 Å². The number of nitrogen functional groups attached to an aromatic ring is 1. The van der Waals surface area contributed by atoms with Crippen LogP contribution in [0.4, 0.5) is 16.3 Å². The van der Waals surface area contributed by atoms with E-state index in [2.05, 4.69) is 9.88 Å². The highest BCUT2D eigenvalue weighted by Gasteiger charge is 2.27. The van der Waals surface area contributed by atoms with E-state index in [4.69, 9.17) is 15.2 Å². The van der Waals surface area contributed by atoms with E-state index in [0.29, 0.717) is 37.6 Å². The highest BCUT2D eigenvalue weighted by molar-refractivity contribution is 5.69. The molecular formula is C15H24N4O3. The van der Waals surface area contributed by atoms with Crippen LogP contribution >= 0.6 is 0 Å². The van der Waals surface area contributed by atoms with Crippen molar-refractivity contribution in [3.8, 4) is 5.75 Å². The smallest absolute Gasteiger partial charge is 0.410 e. The molecule has 0 aliphatic carbocycles. The van der Waals surface area contributed by atoms with Crippen molar-refractivity contribution in [2.24, 2.45) is 0 Å². The fourth-order valence-corrected chi connectivity index (χ4v) is 2.27. The Morgan fingerprint density at radius 1 is 1.27 bits per heavy atom. The first-order chi connectivity index (χ1) is 10.3. The summed E-state index contributed by atoms with van der Waals surface area (Å²) < 4.78 is 10.7. The maximum Gasteiger partial charge on any atom is 0.410 e. The summed E-state index contributed by atoms with van der Waals surface area (Å²) in [5.74, 6) is 1.39. The first-order valence-electron chi connectivity index (χ1n) is 7.32. The van der Waals surface area contributed by atoms with Gasteiger partial charge in [0.05, 0.1) is 19.0 Å². The first kappa shape index (κ1) is 16.2. The van der Waals surface area contributed by atoms with E-state index in [1.807, 2.05) is 20.8 Å². The number of piperazine rings is 1. The highest BCUT2D eigenvalue weighted by Crippen LogP contribution is 2.28. The van der Waals surface area contributed by atoms with E-state index >= 15 is 0 Å². The van der Waals surface area contributed by atoms with Gasteiger partial charge in [0, 0.05) is 32.2 Å². The predicted octanol–water partition coefficient (Wildman–Crippen LogP) is 1.73. The molecule has 1 saturated heterocycles. The normalized spacial score (nSPS) is 15.6. The van der Waals surface area contributed by atoms with Crippen molar-refractivity contribution in [3.63, 3.8) is 0 Å². The van der Waals surface area contributed by atoms with Crippen LogP contribution in [0.1, 0.15) is 20.8 Å². The van der Waals surface area contributed by atoms with E-state index in [1.165, 1.54) is 0 Å². The quantitative estimate of drug-likeness (QED) is 0.896. The molecule has 2 N–H and O–H groups in total. The van der Waals surface area contributed by atoms with Gasteiger partial charge in [-0.25, -0.2) is 9.78 Å². The van der Waals surface area contributed by atoms with E-state index in [-0.39, 0.29) is 6.09 Å². The van der Waals surface area contributed by atoms with Crippen molar-refractivity contribution in [1.82, 2.24) is 9.88 Å². The minimum atomic E-state index is -0.476. The number of amides is 1. The monoisotopic (exact) mass is 308 g/mol. The summed E-state index contributed by atoms with van der Waals surface area (Å²) in [5.41, 5.74) is 5.81. The third kappa shape index (κ3) is 3.93. The second kappa shape index (κ2) is 6.29. The summed E-state index contributed by atoms with van der Waals surface area (Å²) in [6.45, 7) is 8.12. The molecule has 0 unspecified atom stereocenters. The van der Waals surface area contributed by atoms with Crippen molar-refractivity contribution >= 4 is 17.6 Å². The molecule has 1 amide bonds. The number of carbonyl (C=O) groups excluding carboxylic acids is 1. The molecule has 1 aliphatic rings. The molecule has 0 bridgehead atoms. The summed E-state index contributed by atoms with van der Waals surface area (Å²) in [4.78, 5) is 20.2. The van der Waals surface area contributed by atoms with Crippen molar-refractivity contribution in [2.75, 3.05) is 43.9 Å². The van der Waals surface area contributed by atoms with Crippen molar-refractivity contribution in [1.29, 1.82) is 0 Å². The third-order valence-corrected chi connectivity index (χ3v) is 3.30. The Bertz CT molecular complexity index is 534. The second-order valence-corrected chi connectivity index (χ2v) is 6.25. The number of aromatic nitrogens is 1. The van der Waals surface area contributed by atoms with Crippen LogP contribution in [0.25, 0.3) is 0 Å². The molecule has 0 atom stereocenters. The minimum Gasteiger partial charge on any atom is -0.493 e.